The van der Waals surface area contributed by atoms with Crippen LogP contribution >= 0.6 is 11.3 Å². The molecule has 0 aliphatic rings. The maximum atomic E-state index is 6.22. The largest absolute Gasteiger partial charge is 0.324 e. The zero-order valence-corrected chi connectivity index (χ0v) is 11.0. The molecule has 1 unspecified atom stereocenters. The van der Waals surface area contributed by atoms with Gasteiger partial charge in [-0.05, 0) is 12.5 Å². The van der Waals surface area contributed by atoms with Crippen LogP contribution in [0.5, 0.6) is 0 Å². The monoisotopic (exact) mass is 257 g/mol. The zero-order valence-electron chi connectivity index (χ0n) is 10.2. The lowest BCUT2D eigenvalue weighted by molar-refractivity contribution is 0.710. The van der Waals surface area contributed by atoms with Crippen molar-refractivity contribution in [3.8, 4) is 0 Å². The highest BCUT2D eigenvalue weighted by atomic mass is 32.1. The van der Waals surface area contributed by atoms with Gasteiger partial charge >= 0.3 is 0 Å². The van der Waals surface area contributed by atoms with Gasteiger partial charge in [0.25, 0.3) is 0 Å². The van der Waals surface area contributed by atoms with E-state index in [1.165, 1.54) is 5.56 Å². The Bertz CT molecular complexity index is 623. The van der Waals surface area contributed by atoms with Crippen molar-refractivity contribution in [3.05, 3.63) is 58.9 Å². The first-order chi connectivity index (χ1) is 8.72. The first-order valence-corrected chi connectivity index (χ1v) is 6.83. The van der Waals surface area contributed by atoms with Crippen LogP contribution in [0.3, 0.4) is 0 Å². The fourth-order valence-corrected chi connectivity index (χ4v) is 2.75. The molecule has 4 heteroatoms. The molecule has 18 heavy (non-hydrogen) atoms. The molecule has 0 radical (unpaired) electrons. The maximum absolute atomic E-state index is 6.22. The summed E-state index contributed by atoms with van der Waals surface area (Å²) < 4.78 is 2.04. The zero-order chi connectivity index (χ0) is 12.5. The summed E-state index contributed by atoms with van der Waals surface area (Å²) in [7, 11) is 0. The van der Waals surface area contributed by atoms with Gasteiger partial charge in [-0.2, -0.15) is 0 Å². The van der Waals surface area contributed by atoms with E-state index < -0.39 is 0 Å². The molecule has 3 nitrogen and oxygen atoms in total. The number of aryl methyl sites for hydroxylation is 1. The lowest BCUT2D eigenvalue weighted by atomic mass is 10.0. The van der Waals surface area contributed by atoms with E-state index >= 15 is 0 Å². The molecule has 2 N–H and O–H groups in total. The van der Waals surface area contributed by atoms with Crippen LogP contribution in [0, 0.1) is 6.92 Å². The summed E-state index contributed by atoms with van der Waals surface area (Å²) in [6.07, 6.45) is 4.85. The van der Waals surface area contributed by atoms with Crippen LogP contribution < -0.4 is 5.73 Å². The molecule has 0 bridgehead atoms. The topological polar surface area (TPSA) is 43.3 Å². The van der Waals surface area contributed by atoms with Gasteiger partial charge in [-0.1, -0.05) is 29.8 Å². The normalized spacial score (nSPS) is 13.0. The van der Waals surface area contributed by atoms with Gasteiger partial charge in [0.1, 0.15) is 0 Å². The van der Waals surface area contributed by atoms with Crippen molar-refractivity contribution in [1.82, 2.24) is 9.38 Å². The maximum Gasteiger partial charge on any atom is 0.193 e. The number of imidazole rings is 1. The Balaban J connectivity index is 1.79. The third kappa shape index (κ3) is 2.17. The van der Waals surface area contributed by atoms with Crippen LogP contribution in [0.15, 0.2) is 42.0 Å². The molecule has 0 spiro atoms. The van der Waals surface area contributed by atoms with Crippen LogP contribution in [0.4, 0.5) is 0 Å². The van der Waals surface area contributed by atoms with Gasteiger partial charge in [0.2, 0.25) is 0 Å². The van der Waals surface area contributed by atoms with Gasteiger partial charge < -0.3 is 5.73 Å². The number of rotatable bonds is 3. The summed E-state index contributed by atoms with van der Waals surface area (Å²) in [5, 5.41) is 2.03. The molecule has 0 saturated heterocycles. The molecule has 3 rings (SSSR count). The lowest BCUT2D eigenvalue weighted by Gasteiger charge is -2.10. The van der Waals surface area contributed by atoms with Gasteiger partial charge in [0.15, 0.2) is 4.96 Å². The van der Waals surface area contributed by atoms with E-state index in [1.54, 1.807) is 11.3 Å². The fourth-order valence-electron chi connectivity index (χ4n) is 2.03. The predicted octanol–water partition coefficient (Wildman–Crippen LogP) is 2.95. The Morgan fingerprint density at radius 3 is 2.83 bits per heavy atom. The second-order valence-corrected chi connectivity index (χ2v) is 5.42. The van der Waals surface area contributed by atoms with E-state index in [0.29, 0.717) is 0 Å². The summed E-state index contributed by atoms with van der Waals surface area (Å²) in [6.45, 7) is 2.08. The number of hydrogen-bond acceptors (Lipinski definition) is 3. The van der Waals surface area contributed by atoms with Crippen molar-refractivity contribution in [2.24, 2.45) is 5.73 Å². The molecule has 92 valence electrons. The minimum atomic E-state index is 0.00945. The van der Waals surface area contributed by atoms with E-state index in [1.807, 2.05) is 16.0 Å². The highest BCUT2D eigenvalue weighted by Gasteiger charge is 2.10. The summed E-state index contributed by atoms with van der Waals surface area (Å²) in [4.78, 5) is 5.59. The molecule has 1 atom stereocenters. The Morgan fingerprint density at radius 1 is 1.33 bits per heavy atom. The van der Waals surface area contributed by atoms with Crippen LogP contribution in [0.25, 0.3) is 4.96 Å². The van der Waals surface area contributed by atoms with Crippen molar-refractivity contribution in [1.29, 1.82) is 0 Å². The number of nitrogens with two attached hydrogens (primary N) is 1. The minimum absolute atomic E-state index is 0.00945. The van der Waals surface area contributed by atoms with E-state index in [0.717, 1.165) is 22.6 Å². The van der Waals surface area contributed by atoms with Gasteiger partial charge in [0, 0.05) is 30.2 Å². The number of fused-ring (bicyclic) bond motifs is 1. The summed E-state index contributed by atoms with van der Waals surface area (Å²) in [5.41, 5.74) is 9.69. The van der Waals surface area contributed by atoms with Crippen molar-refractivity contribution in [2.75, 3.05) is 0 Å². The van der Waals surface area contributed by atoms with Gasteiger partial charge in [-0.3, -0.25) is 4.40 Å². The average Bonchev–Trinajstić information content (AvgIpc) is 2.90. The molecular weight excluding hydrogens is 242 g/mol. The lowest BCUT2D eigenvalue weighted by Crippen LogP contribution is -2.13. The average molecular weight is 257 g/mol. The quantitative estimate of drug-likeness (QED) is 0.784. The summed E-state index contributed by atoms with van der Waals surface area (Å²) in [6, 6.07) is 8.40. The standard InChI is InChI=1S/C14H15N3S/c1-10-2-4-11(5-3-10)13(15)8-12-9-17-6-7-18-14(17)16-12/h2-7,9,13H,8,15H2,1H3. The smallest absolute Gasteiger partial charge is 0.193 e. The first kappa shape index (κ1) is 11.4. The molecule has 0 fully saturated rings. The molecule has 2 heterocycles. The Kier molecular flexibility index (Phi) is 2.89. The van der Waals surface area contributed by atoms with Gasteiger partial charge in [-0.15, -0.1) is 11.3 Å². The highest BCUT2D eigenvalue weighted by Crippen LogP contribution is 2.18. The molecule has 0 aliphatic carbocycles. The highest BCUT2D eigenvalue weighted by molar-refractivity contribution is 7.15. The van der Waals surface area contributed by atoms with E-state index in [-0.39, 0.29) is 6.04 Å². The van der Waals surface area contributed by atoms with Gasteiger partial charge in [0.05, 0.1) is 5.69 Å². The third-order valence-corrected chi connectivity index (χ3v) is 3.85. The molecule has 1 aromatic carbocycles. The number of benzene rings is 1. The van der Waals surface area contributed by atoms with Crippen molar-refractivity contribution in [3.63, 3.8) is 0 Å². The van der Waals surface area contributed by atoms with Crippen molar-refractivity contribution >= 4 is 16.3 Å². The van der Waals surface area contributed by atoms with E-state index in [4.69, 9.17) is 5.73 Å². The van der Waals surface area contributed by atoms with Crippen LogP contribution in [0.2, 0.25) is 0 Å². The Labute approximate surface area is 110 Å². The summed E-state index contributed by atoms with van der Waals surface area (Å²) >= 11 is 1.64. The fraction of sp³-hybridized carbons (Fsp3) is 0.214. The third-order valence-electron chi connectivity index (χ3n) is 3.08. The van der Waals surface area contributed by atoms with Crippen LogP contribution in [-0.4, -0.2) is 9.38 Å². The Morgan fingerprint density at radius 2 is 2.11 bits per heavy atom. The number of aromatic nitrogens is 2. The van der Waals surface area contributed by atoms with E-state index in [9.17, 15) is 0 Å². The number of nitrogens with zero attached hydrogens (tertiary/aromatic N) is 2. The van der Waals surface area contributed by atoms with Crippen molar-refractivity contribution < 1.29 is 0 Å². The first-order valence-electron chi connectivity index (χ1n) is 5.95. The van der Waals surface area contributed by atoms with Crippen molar-refractivity contribution in [2.45, 2.75) is 19.4 Å². The molecule has 0 saturated carbocycles. The summed E-state index contributed by atoms with van der Waals surface area (Å²) in [5.74, 6) is 0. The SMILES string of the molecule is Cc1ccc(C(N)Cc2cn3ccsc3n2)cc1. The second kappa shape index (κ2) is 4.55. The van der Waals surface area contributed by atoms with Crippen LogP contribution in [0.1, 0.15) is 22.9 Å². The minimum Gasteiger partial charge on any atom is -0.324 e. The Hall–Kier alpha value is -1.65. The second-order valence-electron chi connectivity index (χ2n) is 4.55. The molecule has 3 aromatic rings. The van der Waals surface area contributed by atoms with E-state index in [2.05, 4.69) is 42.4 Å². The molecular formula is C14H15N3S. The molecule has 2 aromatic heterocycles. The van der Waals surface area contributed by atoms with Crippen LogP contribution in [-0.2, 0) is 6.42 Å². The molecule has 0 amide bonds. The van der Waals surface area contributed by atoms with Gasteiger partial charge in [-0.25, -0.2) is 4.98 Å². The number of thiazole rings is 1. The number of hydrogen-bond donors (Lipinski definition) is 1. The predicted molar refractivity (Wildman–Crippen MR) is 74.9 cm³/mol. The molecule has 0 aliphatic heterocycles.